The molecule has 0 fully saturated rings. The van der Waals surface area contributed by atoms with Gasteiger partial charge in [0.15, 0.2) is 0 Å². The molecule has 10 nitrogen and oxygen atoms in total. The summed E-state index contributed by atoms with van der Waals surface area (Å²) in [5.74, 6) is -0.275. The van der Waals surface area contributed by atoms with E-state index in [1.165, 1.54) is 6.92 Å². The molecule has 0 saturated carbocycles. The van der Waals surface area contributed by atoms with Crippen LogP contribution in [0.25, 0.3) is 10.4 Å². The predicted octanol–water partition coefficient (Wildman–Crippen LogP) is 0.585. The maximum absolute atomic E-state index is 10.8. The van der Waals surface area contributed by atoms with Crippen molar-refractivity contribution < 1.29 is 15.1 Å². The number of azide groups is 1. The molecule has 1 heterocycles. The third-order valence-corrected chi connectivity index (χ3v) is 2.57. The zero-order valence-corrected chi connectivity index (χ0v) is 9.96. The topological polar surface area (TPSA) is 171 Å². The van der Waals surface area contributed by atoms with E-state index in [9.17, 15) is 20.3 Å². The van der Waals surface area contributed by atoms with Crippen molar-refractivity contribution in [1.29, 1.82) is 0 Å². The Morgan fingerprint density at radius 3 is 2.84 bits per heavy atom. The Kier molecular flexibility index (Phi) is 4.59. The number of aliphatic hydroxyl groups is 2. The molecule has 2 atom stereocenters. The lowest BCUT2D eigenvalue weighted by atomic mass is 10.0. The van der Waals surface area contributed by atoms with Gasteiger partial charge in [0, 0.05) is 22.2 Å². The Bertz CT molecular complexity index is 542. The van der Waals surface area contributed by atoms with Crippen LogP contribution in [0.2, 0.25) is 0 Å². The van der Waals surface area contributed by atoms with E-state index in [4.69, 9.17) is 11.3 Å². The lowest BCUT2D eigenvalue weighted by Crippen LogP contribution is -2.22. The van der Waals surface area contributed by atoms with Crippen LogP contribution in [0.5, 0.6) is 0 Å². The van der Waals surface area contributed by atoms with Crippen LogP contribution in [0, 0.1) is 17.0 Å². The van der Waals surface area contributed by atoms with Crippen molar-refractivity contribution in [2.24, 2.45) is 5.11 Å². The van der Waals surface area contributed by atoms with Crippen molar-refractivity contribution in [3.05, 3.63) is 37.9 Å². The molecule has 1 aromatic rings. The van der Waals surface area contributed by atoms with Crippen LogP contribution in [0.1, 0.15) is 17.2 Å². The molecule has 1 rings (SSSR count). The van der Waals surface area contributed by atoms with Gasteiger partial charge in [-0.15, -0.1) is 0 Å². The summed E-state index contributed by atoms with van der Waals surface area (Å²) >= 11 is 0. The van der Waals surface area contributed by atoms with Crippen LogP contribution in [0.15, 0.2) is 11.3 Å². The molecule has 0 amide bonds. The van der Waals surface area contributed by atoms with Crippen LogP contribution in [-0.4, -0.2) is 32.8 Å². The molecule has 0 saturated heterocycles. The largest absolute Gasteiger partial charge is 0.390 e. The number of hydrogen-bond acceptors (Lipinski definition) is 7. The van der Waals surface area contributed by atoms with Crippen molar-refractivity contribution in [2.75, 3.05) is 12.3 Å². The molecule has 10 heteroatoms. The number of anilines is 1. The van der Waals surface area contributed by atoms with Crippen LogP contribution in [0.3, 0.4) is 0 Å². The van der Waals surface area contributed by atoms with E-state index in [0.29, 0.717) is 0 Å². The standard InChI is InChI=1S/C9H12N6O4/c1-4-5(8(17)6(16)3-13-14-11)2-12-9(10)7(4)15(18)19/h2,6,8,16-17H,3H2,1H3,(H2,10,12). The summed E-state index contributed by atoms with van der Waals surface area (Å²) in [6.45, 7) is 1.02. The van der Waals surface area contributed by atoms with E-state index in [1.54, 1.807) is 0 Å². The first kappa shape index (κ1) is 14.6. The Balaban J connectivity index is 3.17. The average Bonchev–Trinajstić information content (AvgIpc) is 2.34. The van der Waals surface area contributed by atoms with Gasteiger partial charge >= 0.3 is 5.69 Å². The molecule has 1 aromatic heterocycles. The van der Waals surface area contributed by atoms with Gasteiger partial charge in [0.05, 0.1) is 17.6 Å². The van der Waals surface area contributed by atoms with Crippen LogP contribution < -0.4 is 5.73 Å². The molecule has 0 aromatic carbocycles. The number of aliphatic hydroxyl groups excluding tert-OH is 2. The van der Waals surface area contributed by atoms with Gasteiger partial charge in [-0.3, -0.25) is 10.1 Å². The summed E-state index contributed by atoms with van der Waals surface area (Å²) in [6, 6.07) is 0. The first-order valence-corrected chi connectivity index (χ1v) is 5.16. The van der Waals surface area contributed by atoms with Crippen molar-refractivity contribution in [3.63, 3.8) is 0 Å². The number of nitrogen functional groups attached to an aromatic ring is 1. The highest BCUT2D eigenvalue weighted by molar-refractivity contribution is 5.59. The number of pyridine rings is 1. The maximum atomic E-state index is 10.8. The Morgan fingerprint density at radius 1 is 1.68 bits per heavy atom. The monoisotopic (exact) mass is 268 g/mol. The second kappa shape index (κ2) is 5.96. The molecule has 0 aliphatic heterocycles. The van der Waals surface area contributed by atoms with Crippen LogP contribution in [-0.2, 0) is 0 Å². The van der Waals surface area contributed by atoms with E-state index in [0.717, 1.165) is 6.20 Å². The average molecular weight is 268 g/mol. The van der Waals surface area contributed by atoms with Crippen molar-refractivity contribution >= 4 is 11.5 Å². The Hall–Kier alpha value is -2.42. The van der Waals surface area contributed by atoms with E-state index in [2.05, 4.69) is 15.0 Å². The lowest BCUT2D eigenvalue weighted by molar-refractivity contribution is -0.384. The summed E-state index contributed by atoms with van der Waals surface area (Å²) in [6.07, 6.45) is -1.71. The molecule has 0 aliphatic rings. The van der Waals surface area contributed by atoms with Crippen molar-refractivity contribution in [1.82, 2.24) is 4.98 Å². The third-order valence-electron chi connectivity index (χ3n) is 2.57. The SMILES string of the molecule is Cc1c(C(O)C(O)CN=[N+]=[N-])cnc(N)c1[N+](=O)[O-]. The fourth-order valence-corrected chi connectivity index (χ4v) is 1.58. The van der Waals surface area contributed by atoms with Crippen LogP contribution in [0.4, 0.5) is 11.5 Å². The van der Waals surface area contributed by atoms with Crippen LogP contribution >= 0.6 is 0 Å². The lowest BCUT2D eigenvalue weighted by Gasteiger charge is -2.18. The number of nitrogens with two attached hydrogens (primary N) is 1. The van der Waals surface area contributed by atoms with Crippen molar-refractivity contribution in [2.45, 2.75) is 19.1 Å². The van der Waals surface area contributed by atoms with Gasteiger partial charge in [-0.25, -0.2) is 4.98 Å². The Labute approximate surface area is 107 Å². The van der Waals surface area contributed by atoms with E-state index < -0.39 is 22.8 Å². The molecular formula is C9H12N6O4. The number of nitrogens with zero attached hydrogens (tertiary/aromatic N) is 5. The molecule has 0 bridgehead atoms. The maximum Gasteiger partial charge on any atom is 0.314 e. The van der Waals surface area contributed by atoms with Gasteiger partial charge < -0.3 is 15.9 Å². The van der Waals surface area contributed by atoms with Gasteiger partial charge in [0.25, 0.3) is 0 Å². The van der Waals surface area contributed by atoms with Gasteiger partial charge in [0.1, 0.15) is 6.10 Å². The fraction of sp³-hybridized carbons (Fsp3) is 0.444. The number of aromatic nitrogens is 1. The number of nitro groups is 1. The second-order valence-electron chi connectivity index (χ2n) is 3.76. The summed E-state index contributed by atoms with van der Waals surface area (Å²) in [7, 11) is 0. The molecule has 19 heavy (non-hydrogen) atoms. The van der Waals surface area contributed by atoms with E-state index >= 15 is 0 Å². The van der Waals surface area contributed by atoms with E-state index in [-0.39, 0.29) is 23.5 Å². The molecule has 0 aliphatic carbocycles. The molecule has 0 radical (unpaired) electrons. The van der Waals surface area contributed by atoms with E-state index in [1.807, 2.05) is 0 Å². The highest BCUT2D eigenvalue weighted by Crippen LogP contribution is 2.30. The molecule has 2 unspecified atom stereocenters. The third kappa shape index (κ3) is 3.07. The second-order valence-corrected chi connectivity index (χ2v) is 3.76. The smallest absolute Gasteiger partial charge is 0.314 e. The molecule has 102 valence electrons. The molecular weight excluding hydrogens is 256 g/mol. The fourth-order valence-electron chi connectivity index (χ4n) is 1.58. The summed E-state index contributed by atoms with van der Waals surface area (Å²) in [4.78, 5) is 16.2. The summed E-state index contributed by atoms with van der Waals surface area (Å²) < 4.78 is 0. The number of hydrogen-bond donors (Lipinski definition) is 3. The normalized spacial score (nSPS) is 13.4. The van der Waals surface area contributed by atoms with Gasteiger partial charge in [0.2, 0.25) is 5.82 Å². The minimum Gasteiger partial charge on any atom is -0.390 e. The molecule has 0 spiro atoms. The van der Waals surface area contributed by atoms with Crippen molar-refractivity contribution in [3.8, 4) is 0 Å². The van der Waals surface area contributed by atoms with Gasteiger partial charge in [-0.05, 0) is 12.5 Å². The summed E-state index contributed by atoms with van der Waals surface area (Å²) in [5, 5.41) is 33.4. The zero-order valence-electron chi connectivity index (χ0n) is 9.96. The minimum atomic E-state index is -1.46. The first-order chi connectivity index (χ1) is 8.90. The quantitative estimate of drug-likeness (QED) is 0.231. The van der Waals surface area contributed by atoms with Gasteiger partial charge in [-0.1, -0.05) is 5.11 Å². The highest BCUT2D eigenvalue weighted by atomic mass is 16.6. The minimum absolute atomic E-state index is 0.0570. The summed E-state index contributed by atoms with van der Waals surface area (Å²) in [5.41, 5.74) is 13.2. The highest BCUT2D eigenvalue weighted by Gasteiger charge is 2.26. The Morgan fingerprint density at radius 2 is 2.32 bits per heavy atom. The first-order valence-electron chi connectivity index (χ1n) is 5.16. The zero-order chi connectivity index (χ0) is 14.6. The predicted molar refractivity (Wildman–Crippen MR) is 65.0 cm³/mol. The number of rotatable bonds is 5. The van der Waals surface area contributed by atoms with Gasteiger partial charge in [-0.2, -0.15) is 0 Å². The molecule has 4 N–H and O–H groups in total.